The van der Waals surface area contributed by atoms with Gasteiger partial charge < -0.3 is 10.2 Å². The van der Waals surface area contributed by atoms with Crippen molar-refractivity contribution in [1.29, 1.82) is 0 Å². The smallest absolute Gasteiger partial charge is 0.225 e. The third-order valence-electron chi connectivity index (χ3n) is 3.77. The largest absolute Gasteiger partial charge is 0.338 e. The number of nitrogens with zero attached hydrogens (tertiary/aromatic N) is 5. The summed E-state index contributed by atoms with van der Waals surface area (Å²) in [6, 6.07) is 5.63. The molecular formula is C15H15ClN6. The molecule has 0 saturated carbocycles. The fraction of sp³-hybridized carbons (Fsp3) is 0.267. The van der Waals surface area contributed by atoms with Gasteiger partial charge in [0, 0.05) is 38.6 Å². The molecule has 22 heavy (non-hydrogen) atoms. The van der Waals surface area contributed by atoms with E-state index in [1.165, 1.54) is 0 Å². The van der Waals surface area contributed by atoms with Crippen LogP contribution >= 0.6 is 11.6 Å². The first-order valence-corrected chi connectivity index (χ1v) is 7.61. The maximum absolute atomic E-state index is 6.09. The molecule has 1 aliphatic heterocycles. The van der Waals surface area contributed by atoms with Crippen molar-refractivity contribution in [3.8, 4) is 11.4 Å². The van der Waals surface area contributed by atoms with Crippen LogP contribution in [0.1, 0.15) is 0 Å². The summed E-state index contributed by atoms with van der Waals surface area (Å²) in [4.78, 5) is 15.7. The molecule has 0 unspecified atom stereocenters. The van der Waals surface area contributed by atoms with Crippen LogP contribution in [0, 0.1) is 0 Å². The van der Waals surface area contributed by atoms with E-state index in [1.807, 2.05) is 35.0 Å². The lowest BCUT2D eigenvalue weighted by Crippen LogP contribution is -2.44. The zero-order chi connectivity index (χ0) is 14.9. The van der Waals surface area contributed by atoms with Gasteiger partial charge in [0.15, 0.2) is 0 Å². The van der Waals surface area contributed by atoms with E-state index in [4.69, 9.17) is 16.6 Å². The van der Waals surface area contributed by atoms with E-state index in [-0.39, 0.29) is 0 Å². The molecule has 1 saturated heterocycles. The molecule has 0 bridgehead atoms. The Morgan fingerprint density at radius 2 is 1.95 bits per heavy atom. The van der Waals surface area contributed by atoms with Crippen molar-refractivity contribution in [2.75, 3.05) is 31.1 Å². The molecule has 0 aromatic carbocycles. The molecule has 0 aliphatic carbocycles. The van der Waals surface area contributed by atoms with Crippen molar-refractivity contribution in [3.05, 3.63) is 41.8 Å². The average molecular weight is 315 g/mol. The normalized spacial score (nSPS) is 15.4. The molecule has 3 aromatic rings. The number of rotatable bonds is 2. The van der Waals surface area contributed by atoms with Crippen LogP contribution in [0.5, 0.6) is 0 Å². The summed E-state index contributed by atoms with van der Waals surface area (Å²) in [5.41, 5.74) is 2.61. The Hall–Kier alpha value is -2.18. The molecule has 0 amide bonds. The molecule has 7 heteroatoms. The van der Waals surface area contributed by atoms with E-state index in [1.54, 1.807) is 6.20 Å². The standard InChI is InChI=1S/C15H15ClN6/c16-11-1-2-14-19-9-13(22(14)10-11)12-3-4-18-15(20-12)21-7-5-17-6-8-21/h1-4,9-10,17H,5-8H2. The van der Waals surface area contributed by atoms with Crippen molar-refractivity contribution in [2.45, 2.75) is 0 Å². The fourth-order valence-electron chi connectivity index (χ4n) is 2.65. The summed E-state index contributed by atoms with van der Waals surface area (Å²) in [5, 5.41) is 4.00. The number of anilines is 1. The summed E-state index contributed by atoms with van der Waals surface area (Å²) in [6.07, 6.45) is 5.46. The quantitative estimate of drug-likeness (QED) is 0.782. The molecule has 1 fully saturated rings. The maximum Gasteiger partial charge on any atom is 0.225 e. The third kappa shape index (κ3) is 2.40. The molecule has 4 heterocycles. The Morgan fingerprint density at radius 3 is 2.82 bits per heavy atom. The van der Waals surface area contributed by atoms with E-state index >= 15 is 0 Å². The van der Waals surface area contributed by atoms with Gasteiger partial charge in [0.2, 0.25) is 5.95 Å². The van der Waals surface area contributed by atoms with Crippen molar-refractivity contribution in [1.82, 2.24) is 24.7 Å². The minimum absolute atomic E-state index is 0.670. The first-order valence-electron chi connectivity index (χ1n) is 7.23. The molecule has 4 rings (SSSR count). The number of imidazole rings is 1. The zero-order valence-corrected chi connectivity index (χ0v) is 12.7. The van der Waals surface area contributed by atoms with E-state index < -0.39 is 0 Å². The van der Waals surface area contributed by atoms with Crippen molar-refractivity contribution in [3.63, 3.8) is 0 Å². The first-order chi connectivity index (χ1) is 10.8. The Morgan fingerprint density at radius 1 is 1.09 bits per heavy atom. The summed E-state index contributed by atoms with van der Waals surface area (Å²) in [5.74, 6) is 0.760. The molecule has 1 aliphatic rings. The number of piperazine rings is 1. The van der Waals surface area contributed by atoms with Gasteiger partial charge in [0.05, 0.1) is 22.6 Å². The molecule has 0 atom stereocenters. The second-order valence-electron chi connectivity index (χ2n) is 5.20. The summed E-state index contributed by atoms with van der Waals surface area (Å²) in [6.45, 7) is 3.75. The fourth-order valence-corrected chi connectivity index (χ4v) is 2.81. The Balaban J connectivity index is 1.76. The summed E-state index contributed by atoms with van der Waals surface area (Å²) in [7, 11) is 0. The molecule has 1 N–H and O–H groups in total. The molecule has 3 aromatic heterocycles. The number of aromatic nitrogens is 4. The van der Waals surface area contributed by atoms with Gasteiger partial charge in [-0.2, -0.15) is 0 Å². The van der Waals surface area contributed by atoms with Gasteiger partial charge in [-0.25, -0.2) is 15.0 Å². The van der Waals surface area contributed by atoms with Gasteiger partial charge in [0.1, 0.15) is 5.65 Å². The molecule has 0 spiro atoms. The Kier molecular flexibility index (Phi) is 3.40. The van der Waals surface area contributed by atoms with Crippen LogP contribution in [0.15, 0.2) is 36.8 Å². The second-order valence-corrected chi connectivity index (χ2v) is 5.63. The highest BCUT2D eigenvalue weighted by Crippen LogP contribution is 2.22. The van der Waals surface area contributed by atoms with Gasteiger partial charge in [-0.1, -0.05) is 11.6 Å². The third-order valence-corrected chi connectivity index (χ3v) is 4.00. The molecular weight excluding hydrogens is 300 g/mol. The lowest BCUT2D eigenvalue weighted by molar-refractivity contribution is 0.580. The van der Waals surface area contributed by atoms with Crippen LogP contribution < -0.4 is 10.2 Å². The van der Waals surface area contributed by atoms with E-state index in [2.05, 4.69) is 20.2 Å². The summed E-state index contributed by atoms with van der Waals surface area (Å²) >= 11 is 6.09. The monoisotopic (exact) mass is 314 g/mol. The lowest BCUT2D eigenvalue weighted by Gasteiger charge is -2.27. The van der Waals surface area contributed by atoms with Crippen LogP contribution in [-0.4, -0.2) is 45.5 Å². The van der Waals surface area contributed by atoms with Crippen LogP contribution in [0.2, 0.25) is 5.02 Å². The minimum atomic E-state index is 0.670. The number of nitrogens with one attached hydrogen (secondary N) is 1. The minimum Gasteiger partial charge on any atom is -0.338 e. The highest BCUT2D eigenvalue weighted by Gasteiger charge is 2.15. The van der Waals surface area contributed by atoms with Crippen LogP contribution in [0.4, 0.5) is 5.95 Å². The first kappa shape index (κ1) is 13.5. The highest BCUT2D eigenvalue weighted by molar-refractivity contribution is 6.30. The molecule has 6 nitrogen and oxygen atoms in total. The van der Waals surface area contributed by atoms with Crippen LogP contribution in [0.3, 0.4) is 0 Å². The highest BCUT2D eigenvalue weighted by atomic mass is 35.5. The van der Waals surface area contributed by atoms with Crippen LogP contribution in [-0.2, 0) is 0 Å². The van der Waals surface area contributed by atoms with Gasteiger partial charge in [0.25, 0.3) is 0 Å². The van der Waals surface area contributed by atoms with E-state index in [9.17, 15) is 0 Å². The number of pyridine rings is 1. The van der Waals surface area contributed by atoms with Crippen molar-refractivity contribution >= 4 is 23.2 Å². The SMILES string of the molecule is Clc1ccc2ncc(-c3ccnc(N4CCNCC4)n3)n2c1. The number of hydrogen-bond donors (Lipinski definition) is 1. The maximum atomic E-state index is 6.09. The van der Waals surface area contributed by atoms with Crippen LogP contribution in [0.25, 0.3) is 17.0 Å². The predicted octanol–water partition coefficient (Wildman–Crippen LogP) is 1.85. The zero-order valence-electron chi connectivity index (χ0n) is 11.9. The van der Waals surface area contributed by atoms with Gasteiger partial charge in [-0.05, 0) is 18.2 Å². The van der Waals surface area contributed by atoms with Crippen molar-refractivity contribution in [2.24, 2.45) is 0 Å². The van der Waals surface area contributed by atoms with Crippen molar-refractivity contribution < 1.29 is 0 Å². The Labute approximate surface area is 132 Å². The van der Waals surface area contributed by atoms with Gasteiger partial charge in [-0.15, -0.1) is 0 Å². The van der Waals surface area contributed by atoms with E-state index in [0.717, 1.165) is 49.2 Å². The lowest BCUT2D eigenvalue weighted by atomic mass is 10.3. The second kappa shape index (κ2) is 5.55. The number of halogens is 1. The number of hydrogen-bond acceptors (Lipinski definition) is 5. The topological polar surface area (TPSA) is 58.4 Å². The average Bonchev–Trinajstić information content (AvgIpc) is 2.99. The summed E-state index contributed by atoms with van der Waals surface area (Å²) < 4.78 is 1.95. The van der Waals surface area contributed by atoms with Gasteiger partial charge in [-0.3, -0.25) is 4.40 Å². The predicted molar refractivity (Wildman–Crippen MR) is 86.3 cm³/mol. The number of fused-ring (bicyclic) bond motifs is 1. The van der Waals surface area contributed by atoms with Gasteiger partial charge >= 0.3 is 0 Å². The molecule has 112 valence electrons. The molecule has 0 radical (unpaired) electrons. The Bertz CT molecular complexity index is 809. The van der Waals surface area contributed by atoms with E-state index in [0.29, 0.717) is 5.02 Å².